The van der Waals surface area contributed by atoms with E-state index < -0.39 is 0 Å². The van der Waals surface area contributed by atoms with Crippen LogP contribution in [-0.2, 0) is 4.74 Å². The van der Waals surface area contributed by atoms with Gasteiger partial charge in [0.1, 0.15) is 5.82 Å². The molecule has 9 nitrogen and oxygen atoms in total. The summed E-state index contributed by atoms with van der Waals surface area (Å²) < 4.78 is 20.4. The van der Waals surface area contributed by atoms with E-state index >= 15 is 0 Å². The Kier molecular flexibility index (Phi) is 4.81. The van der Waals surface area contributed by atoms with E-state index in [1.165, 1.54) is 6.07 Å². The average molecular weight is 427 g/mol. The van der Waals surface area contributed by atoms with Crippen molar-refractivity contribution in [2.45, 2.75) is 39.3 Å². The minimum atomic E-state index is -0.303. The zero-order valence-electron chi connectivity index (χ0n) is 17.8. The molecule has 0 spiro atoms. The second-order valence-electron chi connectivity index (χ2n) is 8.33. The van der Waals surface area contributed by atoms with Crippen molar-refractivity contribution in [2.75, 3.05) is 36.5 Å². The number of aromatic nitrogens is 4. The minimum absolute atomic E-state index is 0.0480. The van der Waals surface area contributed by atoms with Gasteiger partial charge in [-0.05, 0) is 33.3 Å². The molecule has 1 fully saturated rings. The molecule has 2 amide bonds. The van der Waals surface area contributed by atoms with Crippen LogP contribution in [0.1, 0.15) is 38.9 Å². The summed E-state index contributed by atoms with van der Waals surface area (Å²) >= 11 is 0. The van der Waals surface area contributed by atoms with Crippen molar-refractivity contribution >= 4 is 28.4 Å². The summed E-state index contributed by atoms with van der Waals surface area (Å²) in [6.45, 7) is 8.56. The van der Waals surface area contributed by atoms with Crippen LogP contribution in [0.5, 0.6) is 0 Å². The number of benzene rings is 1. The Bertz CT molecular complexity index is 1130. The van der Waals surface area contributed by atoms with Crippen molar-refractivity contribution in [1.29, 1.82) is 0 Å². The van der Waals surface area contributed by atoms with Crippen molar-refractivity contribution in [3.05, 3.63) is 23.6 Å². The highest BCUT2D eigenvalue weighted by Gasteiger charge is 2.35. The van der Waals surface area contributed by atoms with Gasteiger partial charge in [-0.3, -0.25) is 5.10 Å². The van der Waals surface area contributed by atoms with E-state index in [1.54, 1.807) is 11.0 Å². The van der Waals surface area contributed by atoms with Crippen LogP contribution in [0.2, 0.25) is 0 Å². The first kappa shape index (κ1) is 19.8. The summed E-state index contributed by atoms with van der Waals surface area (Å²) in [5, 5.41) is 10.4. The zero-order valence-corrected chi connectivity index (χ0v) is 17.8. The quantitative estimate of drug-likeness (QED) is 0.592. The highest BCUT2D eigenvalue weighted by molar-refractivity contribution is 5.97. The molecule has 4 heterocycles. The zero-order chi connectivity index (χ0) is 21.7. The molecule has 1 saturated heterocycles. The van der Waals surface area contributed by atoms with Crippen molar-refractivity contribution in [3.8, 4) is 11.5 Å². The van der Waals surface area contributed by atoms with E-state index in [0.717, 1.165) is 18.7 Å². The first-order valence-corrected chi connectivity index (χ1v) is 10.6. The largest absolute Gasteiger partial charge is 0.380 e. The molecule has 1 unspecified atom stereocenters. The number of amides is 2. The van der Waals surface area contributed by atoms with Gasteiger partial charge in [-0.1, -0.05) is 0 Å². The lowest BCUT2D eigenvalue weighted by Crippen LogP contribution is -2.45. The van der Waals surface area contributed by atoms with Gasteiger partial charge in [0.15, 0.2) is 11.5 Å². The number of aromatic amines is 2. The number of hydrogen-bond acceptors (Lipinski definition) is 5. The Morgan fingerprint density at radius 2 is 2.10 bits per heavy atom. The molecule has 31 heavy (non-hydrogen) atoms. The van der Waals surface area contributed by atoms with E-state index in [-0.39, 0.29) is 23.9 Å². The van der Waals surface area contributed by atoms with E-state index in [0.29, 0.717) is 53.7 Å². The van der Waals surface area contributed by atoms with Crippen LogP contribution in [0.4, 0.5) is 20.6 Å². The van der Waals surface area contributed by atoms with Crippen molar-refractivity contribution in [2.24, 2.45) is 0 Å². The predicted molar refractivity (Wildman–Crippen MR) is 116 cm³/mol. The standard InChI is InChI=1S/C21H26FN7O2/c1-11(2)29-12(3)17-18(25-21(29)30)19(27-26-17)20-23-14-9-13(22)16(10-15(14)24-20)28-5-4-7-31-8-6-28/h9-12H,4-8H2,1-3H3,(H,23,24)(H,25,30)(H,26,27). The SMILES string of the molecule is CC(C)N1C(=O)Nc2c(-c3nc4cc(N5CCCOCC5)c(F)cc4[nH]3)n[nH]c2C1C. The fraction of sp³-hybridized carbons (Fsp3) is 0.476. The van der Waals surface area contributed by atoms with Gasteiger partial charge in [0.25, 0.3) is 0 Å². The third-order valence-corrected chi connectivity index (χ3v) is 5.99. The van der Waals surface area contributed by atoms with Gasteiger partial charge in [-0.15, -0.1) is 0 Å². The smallest absolute Gasteiger partial charge is 0.322 e. The van der Waals surface area contributed by atoms with Gasteiger partial charge < -0.3 is 24.8 Å². The molecule has 1 atom stereocenters. The predicted octanol–water partition coefficient (Wildman–Crippen LogP) is 3.64. The minimum Gasteiger partial charge on any atom is -0.380 e. The maximum absolute atomic E-state index is 14.9. The molecular weight excluding hydrogens is 401 g/mol. The molecule has 10 heteroatoms. The topological polar surface area (TPSA) is 102 Å². The number of hydrogen-bond donors (Lipinski definition) is 3. The molecule has 0 saturated carbocycles. The number of carbonyl (C=O) groups excluding carboxylic acids is 1. The van der Waals surface area contributed by atoms with Gasteiger partial charge in [-0.25, -0.2) is 14.2 Å². The van der Waals surface area contributed by atoms with Gasteiger partial charge in [0, 0.05) is 31.8 Å². The van der Waals surface area contributed by atoms with Crippen molar-refractivity contribution < 1.29 is 13.9 Å². The molecule has 2 aliphatic heterocycles. The number of H-pyrrole nitrogens is 2. The Morgan fingerprint density at radius 1 is 1.26 bits per heavy atom. The van der Waals surface area contributed by atoms with Gasteiger partial charge in [0.05, 0.1) is 40.8 Å². The first-order valence-electron chi connectivity index (χ1n) is 10.6. The molecule has 3 N–H and O–H groups in total. The molecule has 5 rings (SSSR count). The van der Waals surface area contributed by atoms with Crippen molar-refractivity contribution in [3.63, 3.8) is 0 Å². The molecule has 3 aromatic rings. The fourth-order valence-electron chi connectivity index (χ4n) is 4.48. The van der Waals surface area contributed by atoms with Crippen LogP contribution in [0.15, 0.2) is 12.1 Å². The number of urea groups is 1. The van der Waals surface area contributed by atoms with E-state index in [4.69, 9.17) is 4.74 Å². The maximum atomic E-state index is 14.9. The molecule has 164 valence electrons. The van der Waals surface area contributed by atoms with Crippen LogP contribution >= 0.6 is 0 Å². The Morgan fingerprint density at radius 3 is 2.90 bits per heavy atom. The summed E-state index contributed by atoms with van der Waals surface area (Å²) in [5.74, 6) is 0.178. The molecule has 0 bridgehead atoms. The first-order chi connectivity index (χ1) is 14.9. The van der Waals surface area contributed by atoms with E-state index in [1.807, 2.05) is 25.7 Å². The Hall–Kier alpha value is -3.14. The number of rotatable bonds is 3. The second kappa shape index (κ2) is 7.52. The summed E-state index contributed by atoms with van der Waals surface area (Å²) in [5.41, 5.74) is 3.69. The molecule has 0 aliphatic carbocycles. The monoisotopic (exact) mass is 427 g/mol. The molecule has 0 radical (unpaired) electrons. The fourth-order valence-corrected chi connectivity index (χ4v) is 4.48. The van der Waals surface area contributed by atoms with Gasteiger partial charge >= 0.3 is 6.03 Å². The Balaban J connectivity index is 1.52. The summed E-state index contributed by atoms with van der Waals surface area (Å²) in [4.78, 5) is 24.2. The number of anilines is 2. The van der Waals surface area contributed by atoms with E-state index in [9.17, 15) is 9.18 Å². The number of halogens is 1. The van der Waals surface area contributed by atoms with Crippen LogP contribution in [0, 0.1) is 5.82 Å². The van der Waals surface area contributed by atoms with E-state index in [2.05, 4.69) is 25.5 Å². The Labute approximate surface area is 179 Å². The molecular formula is C21H26FN7O2. The second-order valence-corrected chi connectivity index (χ2v) is 8.33. The normalized spacial score (nSPS) is 19.6. The lowest BCUT2D eigenvalue weighted by Gasteiger charge is -2.36. The van der Waals surface area contributed by atoms with Crippen LogP contribution in [-0.4, -0.2) is 63.4 Å². The third-order valence-electron chi connectivity index (χ3n) is 5.99. The highest BCUT2D eigenvalue weighted by Crippen LogP contribution is 2.38. The van der Waals surface area contributed by atoms with Crippen LogP contribution < -0.4 is 10.2 Å². The molecule has 1 aromatic carbocycles. The number of carbonyl (C=O) groups is 1. The lowest BCUT2D eigenvalue weighted by atomic mass is 10.1. The average Bonchev–Trinajstić information content (AvgIpc) is 3.21. The number of nitrogens with one attached hydrogen (secondary N) is 3. The third kappa shape index (κ3) is 3.31. The maximum Gasteiger partial charge on any atom is 0.322 e. The number of ether oxygens (including phenoxy) is 1. The van der Waals surface area contributed by atoms with Crippen molar-refractivity contribution in [1.82, 2.24) is 25.1 Å². The van der Waals surface area contributed by atoms with Gasteiger partial charge in [-0.2, -0.15) is 5.10 Å². The summed E-state index contributed by atoms with van der Waals surface area (Å²) in [6.07, 6.45) is 0.855. The molecule has 2 aliphatic rings. The summed E-state index contributed by atoms with van der Waals surface area (Å²) in [7, 11) is 0. The molecule has 2 aromatic heterocycles. The number of fused-ring (bicyclic) bond motifs is 2. The number of nitrogens with zero attached hydrogens (tertiary/aromatic N) is 4. The number of imidazole rings is 1. The highest BCUT2D eigenvalue weighted by atomic mass is 19.1. The van der Waals surface area contributed by atoms with Crippen LogP contribution in [0.3, 0.4) is 0 Å². The summed E-state index contributed by atoms with van der Waals surface area (Å²) in [6, 6.07) is 2.95. The van der Waals surface area contributed by atoms with Crippen LogP contribution in [0.25, 0.3) is 22.6 Å². The van der Waals surface area contributed by atoms with Gasteiger partial charge in [0.2, 0.25) is 0 Å². The lowest BCUT2D eigenvalue weighted by molar-refractivity contribution is 0.152.